The van der Waals surface area contributed by atoms with E-state index in [-0.39, 0.29) is 11.6 Å². The van der Waals surface area contributed by atoms with Crippen LogP contribution in [0.1, 0.15) is 37.0 Å². The number of halogens is 3. The van der Waals surface area contributed by atoms with Crippen molar-refractivity contribution in [1.29, 1.82) is 5.26 Å². The van der Waals surface area contributed by atoms with Gasteiger partial charge in [0.15, 0.2) is 17.5 Å². The van der Waals surface area contributed by atoms with Crippen molar-refractivity contribution in [3.63, 3.8) is 0 Å². The third kappa shape index (κ3) is 2.48. The van der Waals surface area contributed by atoms with E-state index in [0.717, 1.165) is 12.8 Å². The van der Waals surface area contributed by atoms with Crippen LogP contribution in [0.25, 0.3) is 0 Å². The number of amides is 1. The fraction of sp³-hybridized carbons (Fsp3) is 0.429. The van der Waals surface area contributed by atoms with E-state index in [0.29, 0.717) is 12.1 Å². The zero-order chi connectivity index (χ0) is 15.1. The number of hydrogen-bond donors (Lipinski definition) is 0. The Labute approximate surface area is 114 Å². The first-order chi connectivity index (χ1) is 9.27. The van der Waals surface area contributed by atoms with E-state index in [9.17, 15) is 18.0 Å². The van der Waals surface area contributed by atoms with Crippen molar-refractivity contribution >= 4 is 5.91 Å². The summed E-state index contributed by atoms with van der Waals surface area (Å²) in [6.07, 6.45) is 1.48. The normalized spacial score (nSPS) is 14.8. The van der Waals surface area contributed by atoms with E-state index in [4.69, 9.17) is 5.26 Å². The fourth-order valence-electron chi connectivity index (χ4n) is 2.08. The molecular weight excluding hydrogens is 269 g/mol. The minimum absolute atomic E-state index is 0.117. The number of hydrogen-bond acceptors (Lipinski definition) is 2. The van der Waals surface area contributed by atoms with Crippen molar-refractivity contribution in [1.82, 2.24) is 4.90 Å². The molecule has 0 aromatic heterocycles. The second-order valence-corrected chi connectivity index (χ2v) is 5.33. The van der Waals surface area contributed by atoms with Crippen LogP contribution in [-0.4, -0.2) is 22.4 Å². The summed E-state index contributed by atoms with van der Waals surface area (Å²) in [5.74, 6) is -5.12. The van der Waals surface area contributed by atoms with Gasteiger partial charge in [-0.05, 0) is 38.8 Å². The van der Waals surface area contributed by atoms with E-state index in [1.54, 1.807) is 13.8 Å². The second-order valence-electron chi connectivity index (χ2n) is 5.33. The lowest BCUT2D eigenvalue weighted by Gasteiger charge is -2.33. The summed E-state index contributed by atoms with van der Waals surface area (Å²) in [6, 6.07) is 3.19. The van der Waals surface area contributed by atoms with Crippen molar-refractivity contribution < 1.29 is 18.0 Å². The molecule has 1 aromatic rings. The van der Waals surface area contributed by atoms with Gasteiger partial charge in [0.05, 0.1) is 6.07 Å². The first-order valence-corrected chi connectivity index (χ1v) is 6.17. The largest absolute Gasteiger partial charge is 0.317 e. The van der Waals surface area contributed by atoms with Crippen LogP contribution >= 0.6 is 0 Å². The first-order valence-electron chi connectivity index (χ1n) is 6.17. The molecule has 3 nitrogen and oxygen atoms in total. The topological polar surface area (TPSA) is 44.1 Å². The lowest BCUT2D eigenvalue weighted by Crippen LogP contribution is -2.48. The van der Waals surface area contributed by atoms with E-state index in [2.05, 4.69) is 0 Å². The molecule has 1 aliphatic rings. The minimum atomic E-state index is -1.61. The Morgan fingerprint density at radius 1 is 1.30 bits per heavy atom. The molecule has 0 atom stereocenters. The summed E-state index contributed by atoms with van der Waals surface area (Å²) in [7, 11) is 0. The molecule has 0 bridgehead atoms. The van der Waals surface area contributed by atoms with E-state index >= 15 is 0 Å². The average molecular weight is 282 g/mol. The third-order valence-corrected chi connectivity index (χ3v) is 3.24. The van der Waals surface area contributed by atoms with Gasteiger partial charge < -0.3 is 4.90 Å². The molecule has 1 aromatic carbocycles. The number of carbonyl (C=O) groups excluding carboxylic acids is 1. The number of nitriles is 1. The Kier molecular flexibility index (Phi) is 3.46. The maximum absolute atomic E-state index is 13.2. The van der Waals surface area contributed by atoms with Gasteiger partial charge in [-0.15, -0.1) is 0 Å². The number of rotatable bonds is 3. The van der Waals surface area contributed by atoms with Crippen LogP contribution in [0.3, 0.4) is 0 Å². The zero-order valence-electron chi connectivity index (χ0n) is 11.1. The van der Waals surface area contributed by atoms with Gasteiger partial charge in [-0.2, -0.15) is 5.26 Å². The minimum Gasteiger partial charge on any atom is -0.317 e. The van der Waals surface area contributed by atoms with Gasteiger partial charge in [-0.1, -0.05) is 0 Å². The van der Waals surface area contributed by atoms with Gasteiger partial charge in [0, 0.05) is 11.6 Å². The van der Waals surface area contributed by atoms with Gasteiger partial charge in [0.25, 0.3) is 5.91 Å². The van der Waals surface area contributed by atoms with Crippen LogP contribution in [0.4, 0.5) is 13.2 Å². The molecule has 0 spiro atoms. The second kappa shape index (κ2) is 4.82. The molecule has 0 aliphatic heterocycles. The maximum atomic E-state index is 13.2. The Morgan fingerprint density at radius 3 is 2.20 bits per heavy atom. The van der Waals surface area contributed by atoms with Crippen molar-refractivity contribution in [3.05, 3.63) is 35.1 Å². The summed E-state index contributed by atoms with van der Waals surface area (Å²) in [4.78, 5) is 13.7. The molecular formula is C14H13F3N2O. The quantitative estimate of drug-likeness (QED) is 0.800. The molecule has 1 fully saturated rings. The molecule has 106 valence electrons. The Bertz CT molecular complexity index is 580. The van der Waals surface area contributed by atoms with Crippen molar-refractivity contribution in [3.8, 4) is 6.07 Å². The van der Waals surface area contributed by atoms with Crippen LogP contribution < -0.4 is 0 Å². The molecule has 1 amide bonds. The summed E-state index contributed by atoms with van der Waals surface area (Å²) in [5.41, 5.74) is -1.39. The highest BCUT2D eigenvalue weighted by molar-refractivity contribution is 5.95. The standard InChI is InChI=1S/C14H13F3N2O/c1-14(2,7-18)19(9-3-4-9)13(20)8-5-10(15)12(17)11(16)6-8/h5-6,9H,3-4H2,1-2H3. The number of nitrogens with zero attached hydrogens (tertiary/aromatic N) is 2. The third-order valence-electron chi connectivity index (χ3n) is 3.24. The lowest BCUT2D eigenvalue weighted by atomic mass is 10.0. The van der Waals surface area contributed by atoms with Gasteiger partial charge in [0.1, 0.15) is 5.54 Å². The monoisotopic (exact) mass is 282 g/mol. The van der Waals surface area contributed by atoms with Crippen LogP contribution in [-0.2, 0) is 0 Å². The molecule has 0 saturated heterocycles. The van der Waals surface area contributed by atoms with Gasteiger partial charge in [-0.3, -0.25) is 4.79 Å². The summed E-state index contributed by atoms with van der Waals surface area (Å²) < 4.78 is 39.3. The number of benzene rings is 1. The highest BCUT2D eigenvalue weighted by Crippen LogP contribution is 2.34. The lowest BCUT2D eigenvalue weighted by molar-refractivity contribution is 0.0614. The van der Waals surface area contributed by atoms with Crippen molar-refractivity contribution in [2.75, 3.05) is 0 Å². The molecule has 2 rings (SSSR count). The smallest absolute Gasteiger partial charge is 0.255 e. The van der Waals surface area contributed by atoms with E-state index < -0.39 is 28.9 Å². The molecule has 0 unspecified atom stereocenters. The molecule has 0 N–H and O–H groups in total. The molecule has 1 saturated carbocycles. The molecule has 0 radical (unpaired) electrons. The van der Waals surface area contributed by atoms with Gasteiger partial charge in [-0.25, -0.2) is 13.2 Å². The SMILES string of the molecule is CC(C)(C#N)N(C(=O)c1cc(F)c(F)c(F)c1)C1CC1. The molecule has 0 heterocycles. The Balaban J connectivity index is 2.41. The average Bonchev–Trinajstić information content (AvgIpc) is 3.19. The summed E-state index contributed by atoms with van der Waals surface area (Å²) >= 11 is 0. The highest BCUT2D eigenvalue weighted by Gasteiger charge is 2.42. The molecule has 20 heavy (non-hydrogen) atoms. The van der Waals surface area contributed by atoms with Crippen LogP contribution in [0.5, 0.6) is 0 Å². The van der Waals surface area contributed by atoms with Crippen LogP contribution in [0.2, 0.25) is 0 Å². The Hall–Kier alpha value is -2.03. The predicted molar refractivity (Wildman–Crippen MR) is 65.2 cm³/mol. The zero-order valence-corrected chi connectivity index (χ0v) is 11.1. The van der Waals surface area contributed by atoms with Crippen LogP contribution in [0, 0.1) is 28.8 Å². The molecule has 1 aliphatic carbocycles. The van der Waals surface area contributed by atoms with Crippen LogP contribution in [0.15, 0.2) is 12.1 Å². The fourth-order valence-corrected chi connectivity index (χ4v) is 2.08. The van der Waals surface area contributed by atoms with Crippen molar-refractivity contribution in [2.45, 2.75) is 38.3 Å². The van der Waals surface area contributed by atoms with Gasteiger partial charge in [0.2, 0.25) is 0 Å². The van der Waals surface area contributed by atoms with E-state index in [1.165, 1.54) is 4.90 Å². The van der Waals surface area contributed by atoms with Crippen molar-refractivity contribution in [2.24, 2.45) is 0 Å². The Morgan fingerprint density at radius 2 is 1.80 bits per heavy atom. The first kappa shape index (κ1) is 14.4. The summed E-state index contributed by atoms with van der Waals surface area (Å²) in [6.45, 7) is 3.11. The van der Waals surface area contributed by atoms with E-state index in [1.807, 2.05) is 6.07 Å². The maximum Gasteiger partial charge on any atom is 0.255 e. The predicted octanol–water partition coefficient (Wildman–Crippen LogP) is 3.01. The highest BCUT2D eigenvalue weighted by atomic mass is 19.2. The molecule has 6 heteroatoms. The van der Waals surface area contributed by atoms with Gasteiger partial charge >= 0.3 is 0 Å². The summed E-state index contributed by atoms with van der Waals surface area (Å²) in [5, 5.41) is 9.14. The number of carbonyl (C=O) groups is 1.